The number of rotatable bonds is 6. The van der Waals surface area contributed by atoms with Crippen LogP contribution in [0.25, 0.3) is 0 Å². The number of hydrogen-bond donors (Lipinski definition) is 4. The van der Waals surface area contributed by atoms with Crippen molar-refractivity contribution in [2.45, 2.75) is 20.3 Å². The van der Waals surface area contributed by atoms with Crippen LogP contribution in [0.4, 0.5) is 0 Å². The van der Waals surface area contributed by atoms with Crippen molar-refractivity contribution in [3.8, 4) is 0 Å². The molecule has 0 aromatic heterocycles. The van der Waals surface area contributed by atoms with Gasteiger partial charge in [-0.2, -0.15) is 0 Å². The summed E-state index contributed by atoms with van der Waals surface area (Å²) < 4.78 is 15.8. The maximum atomic E-state index is 8.67. The summed E-state index contributed by atoms with van der Waals surface area (Å²) in [5.74, 6) is 11.3. The summed E-state index contributed by atoms with van der Waals surface area (Å²) in [5.41, 5.74) is 0. The summed E-state index contributed by atoms with van der Waals surface area (Å²) in [5, 5.41) is 11.4. The number of hydrazine groups is 3. The summed E-state index contributed by atoms with van der Waals surface area (Å²) in [6, 6.07) is 0. The van der Waals surface area contributed by atoms with Gasteiger partial charge >= 0.3 is 26.5 Å². The van der Waals surface area contributed by atoms with E-state index in [1.54, 1.807) is 5.01 Å². The van der Waals surface area contributed by atoms with Gasteiger partial charge in [-0.25, -0.2) is 16.7 Å². The molecule has 0 bridgehead atoms. The third-order valence-electron chi connectivity index (χ3n) is 1.65. The fourth-order valence-corrected chi connectivity index (χ4v) is 0.865. The molecule has 0 heterocycles. The van der Waals surface area contributed by atoms with Crippen LogP contribution in [0.2, 0.25) is 0 Å². The van der Waals surface area contributed by atoms with Crippen molar-refractivity contribution in [2.24, 2.45) is 17.6 Å². The Morgan fingerprint density at radius 1 is 1.33 bits per heavy atom. The predicted molar refractivity (Wildman–Crippen MR) is 51.2 cm³/mol. The first-order chi connectivity index (χ1) is 6.99. The van der Waals surface area contributed by atoms with Gasteiger partial charge in [-0.1, -0.05) is 13.8 Å². The van der Waals surface area contributed by atoms with E-state index in [-0.39, 0.29) is 6.61 Å². The molecule has 0 aromatic rings. The van der Waals surface area contributed by atoms with E-state index in [2.05, 4.69) is 13.8 Å². The SMILES string of the molecule is CC(C)CCN(CCO)N(N)N.[O]=[Ti][OH]. The van der Waals surface area contributed by atoms with Crippen LogP contribution in [0.15, 0.2) is 0 Å². The molecule has 7 nitrogen and oxygen atoms in total. The molecule has 0 saturated heterocycles. The van der Waals surface area contributed by atoms with E-state index in [9.17, 15) is 0 Å². The topological polar surface area (TPSA) is 116 Å². The Labute approximate surface area is 99.7 Å². The number of hydrogen-bond acceptors (Lipinski definition) is 6. The Kier molecular flexibility index (Phi) is 14.5. The summed E-state index contributed by atoms with van der Waals surface area (Å²) in [6.07, 6.45) is 1.02. The van der Waals surface area contributed by atoms with E-state index in [1.165, 1.54) is 0 Å². The molecule has 0 amide bonds. The Bertz CT molecular complexity index is 148. The summed E-state index contributed by atoms with van der Waals surface area (Å²) in [7, 11) is 0. The Morgan fingerprint density at radius 2 is 1.80 bits per heavy atom. The second-order valence-electron chi connectivity index (χ2n) is 3.33. The average Bonchev–Trinajstić information content (AvgIpc) is 2.12. The molecule has 0 fully saturated rings. The third kappa shape index (κ3) is 14.3. The third-order valence-corrected chi connectivity index (χ3v) is 1.65. The zero-order valence-electron chi connectivity index (χ0n) is 9.26. The predicted octanol–water partition coefficient (Wildman–Crippen LogP) is -1.39. The molecule has 0 spiro atoms. The molecule has 0 atom stereocenters. The molecule has 0 aliphatic carbocycles. The van der Waals surface area contributed by atoms with Gasteiger partial charge in [-0.3, -0.25) is 0 Å². The van der Waals surface area contributed by atoms with Crippen molar-refractivity contribution >= 4 is 0 Å². The van der Waals surface area contributed by atoms with Crippen molar-refractivity contribution in [2.75, 3.05) is 19.7 Å². The van der Waals surface area contributed by atoms with E-state index < -0.39 is 19.5 Å². The molecule has 0 aromatic carbocycles. The first-order valence-electron chi connectivity index (χ1n) is 4.66. The summed E-state index contributed by atoms with van der Waals surface area (Å²) in [4.78, 5) is 0. The first kappa shape index (κ1) is 17.7. The van der Waals surface area contributed by atoms with Crippen LogP contribution < -0.4 is 11.7 Å². The van der Waals surface area contributed by atoms with Crippen molar-refractivity contribution in [1.29, 1.82) is 0 Å². The van der Waals surface area contributed by atoms with Gasteiger partial charge in [0.25, 0.3) is 0 Å². The molecule has 8 heteroatoms. The number of aliphatic hydroxyl groups is 1. The van der Waals surface area contributed by atoms with Crippen LogP contribution in [0.3, 0.4) is 0 Å². The molecule has 0 unspecified atom stereocenters. The molecule has 0 rings (SSSR count). The monoisotopic (exact) mass is 257 g/mol. The quantitative estimate of drug-likeness (QED) is 0.263. The minimum atomic E-state index is -1.75. The maximum absolute atomic E-state index is 8.67. The van der Waals surface area contributed by atoms with E-state index in [1.807, 2.05) is 0 Å². The standard InChI is InChI=1S/C7H20N4O.H2O.O.Ti/c1-7(2)3-4-10(5-6-12)11(8)9;;;/h7,12H,3-6,8-9H2,1-2H3;1H2;;/q;;;+1/p-1. The Morgan fingerprint density at radius 3 is 2.07 bits per heavy atom. The summed E-state index contributed by atoms with van der Waals surface area (Å²) in [6.45, 7) is 5.61. The van der Waals surface area contributed by atoms with E-state index in [4.69, 9.17) is 23.8 Å². The van der Waals surface area contributed by atoms with Crippen LogP contribution in [0.5, 0.6) is 0 Å². The molecular weight excluding hydrogens is 236 g/mol. The minimum absolute atomic E-state index is 0.0724. The van der Waals surface area contributed by atoms with Gasteiger partial charge in [0.05, 0.1) is 6.61 Å². The van der Waals surface area contributed by atoms with Crippen molar-refractivity contribution in [1.82, 2.24) is 10.2 Å². The Balaban J connectivity index is 0. The van der Waals surface area contributed by atoms with Crippen molar-refractivity contribution < 1.29 is 31.6 Å². The number of nitrogens with two attached hydrogens (primary N) is 2. The molecule has 0 aliphatic heterocycles. The van der Waals surface area contributed by atoms with Crippen LogP contribution >= 0.6 is 0 Å². The van der Waals surface area contributed by atoms with Gasteiger partial charge in [0.2, 0.25) is 0 Å². The molecular formula is C7H21N4O3Ti. The second kappa shape index (κ2) is 12.3. The van der Waals surface area contributed by atoms with Gasteiger partial charge in [0, 0.05) is 13.1 Å². The average molecular weight is 257 g/mol. The Hall–Kier alpha value is 0.274. The van der Waals surface area contributed by atoms with E-state index in [0.29, 0.717) is 12.5 Å². The fraction of sp³-hybridized carbons (Fsp3) is 1.00. The van der Waals surface area contributed by atoms with Gasteiger partial charge in [0.15, 0.2) is 0 Å². The van der Waals surface area contributed by atoms with E-state index >= 15 is 0 Å². The zero-order valence-corrected chi connectivity index (χ0v) is 10.8. The van der Waals surface area contributed by atoms with E-state index in [0.717, 1.165) is 18.2 Å². The van der Waals surface area contributed by atoms with Crippen molar-refractivity contribution in [3.63, 3.8) is 0 Å². The molecule has 0 radical (unpaired) electrons. The van der Waals surface area contributed by atoms with Gasteiger partial charge in [-0.05, 0) is 12.3 Å². The summed E-state index contributed by atoms with van der Waals surface area (Å²) >= 11 is -1.75. The van der Waals surface area contributed by atoms with Crippen molar-refractivity contribution in [3.05, 3.63) is 0 Å². The number of nitrogens with zero attached hydrogens (tertiary/aromatic N) is 2. The van der Waals surface area contributed by atoms with Gasteiger partial charge in [0.1, 0.15) is 0 Å². The van der Waals surface area contributed by atoms with Gasteiger partial charge in [-0.15, -0.1) is 5.23 Å². The normalized spacial score (nSPS) is 10.2. The second-order valence-corrected chi connectivity index (χ2v) is 3.62. The molecule has 0 saturated carbocycles. The fourth-order valence-electron chi connectivity index (χ4n) is 0.865. The zero-order chi connectivity index (χ0) is 12.3. The van der Waals surface area contributed by atoms with Crippen LogP contribution in [-0.2, 0) is 22.8 Å². The van der Waals surface area contributed by atoms with Gasteiger partial charge < -0.3 is 5.11 Å². The molecule has 15 heavy (non-hydrogen) atoms. The number of aliphatic hydroxyl groups excluding tert-OH is 1. The van der Waals surface area contributed by atoms with Crippen LogP contribution in [-0.4, -0.2) is 38.7 Å². The molecule has 91 valence electrons. The van der Waals surface area contributed by atoms with Crippen LogP contribution in [0, 0.1) is 5.92 Å². The molecule has 0 aliphatic rings. The molecule has 6 N–H and O–H groups in total. The van der Waals surface area contributed by atoms with Crippen LogP contribution in [0.1, 0.15) is 20.3 Å². The first-order valence-corrected chi connectivity index (χ1v) is 5.99.